The summed E-state index contributed by atoms with van der Waals surface area (Å²) in [6.45, 7) is 4.82. The maximum atomic E-state index is 4.68. The number of piperidine rings is 1. The minimum atomic E-state index is 0.787. The molecule has 2 saturated heterocycles. The molecule has 0 saturated carbocycles. The van der Waals surface area contributed by atoms with E-state index in [0.717, 1.165) is 35.2 Å². The van der Waals surface area contributed by atoms with Crippen molar-refractivity contribution >= 4 is 27.4 Å². The number of fused-ring (bicyclic) bond motifs is 1. The SMILES string of the molecule is Brc1cn2nc(N3CCC(N4CCCC4)CC3)ccc2n1. The van der Waals surface area contributed by atoms with Gasteiger partial charge in [-0.1, -0.05) is 0 Å². The Hall–Kier alpha value is -1.14. The Morgan fingerprint density at radius 3 is 2.57 bits per heavy atom. The molecule has 2 aromatic heterocycles. The van der Waals surface area contributed by atoms with Gasteiger partial charge in [0, 0.05) is 19.1 Å². The summed E-state index contributed by atoms with van der Waals surface area (Å²) >= 11 is 3.40. The highest BCUT2D eigenvalue weighted by Crippen LogP contribution is 2.24. The van der Waals surface area contributed by atoms with Crippen LogP contribution in [0.15, 0.2) is 22.9 Å². The van der Waals surface area contributed by atoms with Crippen molar-refractivity contribution in [1.82, 2.24) is 19.5 Å². The van der Waals surface area contributed by atoms with Gasteiger partial charge in [0.05, 0.1) is 6.20 Å². The quantitative estimate of drug-likeness (QED) is 0.834. The summed E-state index contributed by atoms with van der Waals surface area (Å²) in [5.41, 5.74) is 0.887. The van der Waals surface area contributed by atoms with E-state index in [1.165, 1.54) is 38.8 Å². The summed E-state index contributed by atoms with van der Waals surface area (Å²) in [6.07, 6.45) is 7.19. The van der Waals surface area contributed by atoms with Crippen molar-refractivity contribution in [1.29, 1.82) is 0 Å². The molecule has 0 radical (unpaired) electrons. The average molecular weight is 350 g/mol. The number of nitrogens with zero attached hydrogens (tertiary/aromatic N) is 5. The van der Waals surface area contributed by atoms with Gasteiger partial charge in [0.1, 0.15) is 10.4 Å². The minimum absolute atomic E-state index is 0.787. The molecule has 0 unspecified atom stereocenters. The molecular weight excluding hydrogens is 330 g/mol. The van der Waals surface area contributed by atoms with Crippen LogP contribution in [-0.2, 0) is 0 Å². The third-order valence-electron chi connectivity index (χ3n) is 4.72. The molecule has 112 valence electrons. The molecule has 0 bridgehead atoms. The Balaban J connectivity index is 1.46. The van der Waals surface area contributed by atoms with Crippen LogP contribution >= 0.6 is 15.9 Å². The van der Waals surface area contributed by atoms with Gasteiger partial charge in [-0.3, -0.25) is 0 Å². The standard InChI is InChI=1S/C15H20BrN5/c16-13-11-21-14(17-13)3-4-15(18-21)20-9-5-12(6-10-20)19-7-1-2-8-19/h3-4,11-12H,1-2,5-10H2. The molecule has 0 N–H and O–H groups in total. The molecular formula is C15H20BrN5. The van der Waals surface area contributed by atoms with Crippen LogP contribution < -0.4 is 4.90 Å². The number of rotatable bonds is 2. The lowest BCUT2D eigenvalue weighted by Gasteiger charge is -2.37. The van der Waals surface area contributed by atoms with Crippen molar-refractivity contribution in [2.24, 2.45) is 0 Å². The fourth-order valence-corrected chi connectivity index (χ4v) is 3.95. The Morgan fingerprint density at radius 2 is 1.81 bits per heavy atom. The predicted octanol–water partition coefficient (Wildman–Crippen LogP) is 2.56. The van der Waals surface area contributed by atoms with Gasteiger partial charge in [0.2, 0.25) is 0 Å². The van der Waals surface area contributed by atoms with Crippen molar-refractivity contribution < 1.29 is 0 Å². The van der Waals surface area contributed by atoms with E-state index in [0.29, 0.717) is 0 Å². The first-order chi connectivity index (χ1) is 10.3. The molecule has 5 nitrogen and oxygen atoms in total. The topological polar surface area (TPSA) is 36.7 Å². The lowest BCUT2D eigenvalue weighted by molar-refractivity contribution is 0.207. The lowest BCUT2D eigenvalue weighted by Crippen LogP contribution is -2.44. The van der Waals surface area contributed by atoms with E-state index in [2.05, 4.69) is 41.9 Å². The smallest absolute Gasteiger partial charge is 0.155 e. The van der Waals surface area contributed by atoms with E-state index in [9.17, 15) is 0 Å². The van der Waals surface area contributed by atoms with Crippen molar-refractivity contribution in [2.75, 3.05) is 31.1 Å². The van der Waals surface area contributed by atoms with Crippen LogP contribution in [0.2, 0.25) is 0 Å². The maximum absolute atomic E-state index is 4.68. The zero-order valence-electron chi connectivity index (χ0n) is 12.1. The first kappa shape index (κ1) is 13.5. The third kappa shape index (κ3) is 2.66. The van der Waals surface area contributed by atoms with Gasteiger partial charge >= 0.3 is 0 Å². The van der Waals surface area contributed by atoms with Crippen LogP contribution in [0.5, 0.6) is 0 Å². The predicted molar refractivity (Wildman–Crippen MR) is 86.7 cm³/mol. The highest BCUT2D eigenvalue weighted by molar-refractivity contribution is 9.10. The maximum Gasteiger partial charge on any atom is 0.155 e. The van der Waals surface area contributed by atoms with Crippen LogP contribution in [-0.4, -0.2) is 51.7 Å². The van der Waals surface area contributed by atoms with Gasteiger partial charge in [-0.15, -0.1) is 5.10 Å². The van der Waals surface area contributed by atoms with Gasteiger partial charge in [-0.2, -0.15) is 0 Å². The largest absolute Gasteiger partial charge is 0.355 e. The fourth-order valence-electron chi connectivity index (χ4n) is 3.58. The van der Waals surface area contributed by atoms with Gasteiger partial charge in [0.25, 0.3) is 0 Å². The van der Waals surface area contributed by atoms with Crippen molar-refractivity contribution in [2.45, 2.75) is 31.7 Å². The summed E-state index contributed by atoms with van der Waals surface area (Å²) in [5.74, 6) is 1.06. The molecule has 21 heavy (non-hydrogen) atoms. The van der Waals surface area contributed by atoms with E-state index >= 15 is 0 Å². The van der Waals surface area contributed by atoms with Gasteiger partial charge < -0.3 is 9.80 Å². The van der Waals surface area contributed by atoms with Crippen LogP contribution in [0.25, 0.3) is 5.65 Å². The van der Waals surface area contributed by atoms with E-state index in [4.69, 9.17) is 0 Å². The van der Waals surface area contributed by atoms with Gasteiger partial charge in [0.15, 0.2) is 5.65 Å². The molecule has 2 aliphatic heterocycles. The monoisotopic (exact) mass is 349 g/mol. The molecule has 0 aromatic carbocycles. The zero-order valence-corrected chi connectivity index (χ0v) is 13.7. The van der Waals surface area contributed by atoms with E-state index < -0.39 is 0 Å². The lowest BCUT2D eigenvalue weighted by atomic mass is 10.0. The number of hydrogen-bond donors (Lipinski definition) is 0. The zero-order chi connectivity index (χ0) is 14.2. The van der Waals surface area contributed by atoms with Crippen LogP contribution in [0.1, 0.15) is 25.7 Å². The molecule has 4 rings (SSSR count). The number of anilines is 1. The first-order valence-corrected chi connectivity index (χ1v) is 8.60. The molecule has 2 fully saturated rings. The third-order valence-corrected chi connectivity index (χ3v) is 5.10. The number of halogens is 1. The summed E-state index contributed by atoms with van der Waals surface area (Å²) < 4.78 is 2.69. The van der Waals surface area contributed by atoms with Crippen molar-refractivity contribution in [3.8, 4) is 0 Å². The molecule has 4 heterocycles. The van der Waals surface area contributed by atoms with Crippen LogP contribution in [0.4, 0.5) is 5.82 Å². The minimum Gasteiger partial charge on any atom is -0.355 e. The number of aromatic nitrogens is 3. The van der Waals surface area contributed by atoms with E-state index in [1.54, 1.807) is 0 Å². The number of likely N-dealkylation sites (tertiary alicyclic amines) is 1. The Labute approximate surface area is 133 Å². The molecule has 0 amide bonds. The summed E-state index contributed by atoms with van der Waals surface area (Å²) in [4.78, 5) is 9.44. The molecule has 0 spiro atoms. The summed E-state index contributed by atoms with van der Waals surface area (Å²) in [7, 11) is 0. The van der Waals surface area contributed by atoms with Gasteiger partial charge in [-0.25, -0.2) is 9.50 Å². The van der Waals surface area contributed by atoms with Crippen molar-refractivity contribution in [3.63, 3.8) is 0 Å². The fraction of sp³-hybridized carbons (Fsp3) is 0.600. The normalized spacial score (nSPS) is 21.5. The molecule has 2 aromatic rings. The molecule has 6 heteroatoms. The first-order valence-electron chi connectivity index (χ1n) is 7.80. The average Bonchev–Trinajstić information content (AvgIpc) is 3.15. The second-order valence-electron chi connectivity index (χ2n) is 6.02. The second kappa shape index (κ2) is 5.57. The molecule has 0 atom stereocenters. The van der Waals surface area contributed by atoms with E-state index in [-0.39, 0.29) is 0 Å². The highest BCUT2D eigenvalue weighted by Gasteiger charge is 2.26. The number of hydrogen-bond acceptors (Lipinski definition) is 4. The Bertz CT molecular complexity index is 626. The Morgan fingerprint density at radius 1 is 1.05 bits per heavy atom. The second-order valence-corrected chi connectivity index (χ2v) is 6.83. The highest BCUT2D eigenvalue weighted by atomic mass is 79.9. The van der Waals surface area contributed by atoms with Crippen LogP contribution in [0.3, 0.4) is 0 Å². The molecule has 2 aliphatic rings. The molecule has 0 aliphatic carbocycles. The van der Waals surface area contributed by atoms with Crippen molar-refractivity contribution in [3.05, 3.63) is 22.9 Å². The summed E-state index contributed by atoms with van der Waals surface area (Å²) in [6, 6.07) is 4.92. The van der Waals surface area contributed by atoms with E-state index in [1.807, 2.05) is 16.8 Å². The Kier molecular flexibility index (Phi) is 3.59. The van der Waals surface area contributed by atoms with Gasteiger partial charge in [-0.05, 0) is 66.8 Å². The summed E-state index contributed by atoms with van der Waals surface area (Å²) in [5, 5.41) is 4.68. The number of imidazole rings is 1. The van der Waals surface area contributed by atoms with Crippen LogP contribution in [0, 0.1) is 0 Å².